The summed E-state index contributed by atoms with van der Waals surface area (Å²) >= 11 is 10.6. The Kier molecular flexibility index (Phi) is 6.08. The van der Waals surface area contributed by atoms with Gasteiger partial charge in [-0.1, -0.05) is 23.2 Å². The van der Waals surface area contributed by atoms with Crippen molar-refractivity contribution in [2.45, 2.75) is 25.1 Å². The lowest BCUT2D eigenvalue weighted by Crippen LogP contribution is -2.32. The molecular formula is C8H13Cl2NO2. The van der Waals surface area contributed by atoms with Gasteiger partial charge in [0.15, 0.2) is 10.6 Å². The Hall–Kier alpha value is -0.280. The molecule has 0 saturated heterocycles. The van der Waals surface area contributed by atoms with Gasteiger partial charge in [-0.2, -0.15) is 0 Å². The molecule has 1 amide bonds. The number of Topliss-reactive ketones (excluding diaryl/α,β-unsaturated/α-hetero) is 1. The van der Waals surface area contributed by atoms with Crippen molar-refractivity contribution in [2.75, 3.05) is 13.1 Å². The summed E-state index contributed by atoms with van der Waals surface area (Å²) in [5.41, 5.74) is 0. The second-order valence-corrected chi connectivity index (χ2v) is 3.61. The molecule has 0 aliphatic carbocycles. The number of carbonyl (C=O) groups excluding carboxylic acids is 2. The Labute approximate surface area is 88.0 Å². The highest BCUT2D eigenvalue weighted by molar-refractivity contribution is 6.54. The van der Waals surface area contributed by atoms with Crippen molar-refractivity contribution in [1.82, 2.24) is 4.90 Å². The van der Waals surface area contributed by atoms with Crippen molar-refractivity contribution in [3.8, 4) is 0 Å². The lowest BCUT2D eigenvalue weighted by Gasteiger charge is -2.17. The Morgan fingerprint density at radius 1 is 1.23 bits per heavy atom. The van der Waals surface area contributed by atoms with Gasteiger partial charge in [-0.25, -0.2) is 0 Å². The highest BCUT2D eigenvalue weighted by Gasteiger charge is 2.18. The number of rotatable bonds is 5. The average molecular weight is 226 g/mol. The third-order valence-electron chi connectivity index (χ3n) is 1.68. The zero-order chi connectivity index (χ0) is 10.4. The van der Waals surface area contributed by atoms with Crippen LogP contribution in [0.15, 0.2) is 0 Å². The minimum Gasteiger partial charge on any atom is -0.343 e. The maximum atomic E-state index is 11.3. The minimum absolute atomic E-state index is 0.209. The van der Waals surface area contributed by atoms with Gasteiger partial charge in [-0.15, -0.1) is 0 Å². The van der Waals surface area contributed by atoms with E-state index in [1.54, 1.807) is 4.90 Å². The Morgan fingerprint density at radius 3 is 2.00 bits per heavy atom. The Bertz CT molecular complexity index is 191. The van der Waals surface area contributed by atoms with E-state index < -0.39 is 10.6 Å². The molecule has 0 bridgehead atoms. The molecule has 5 heteroatoms. The van der Waals surface area contributed by atoms with Crippen LogP contribution in [0.25, 0.3) is 0 Å². The Balaban J connectivity index is 4.06. The van der Waals surface area contributed by atoms with E-state index in [2.05, 4.69) is 0 Å². The van der Waals surface area contributed by atoms with Crippen LogP contribution in [0.2, 0.25) is 0 Å². The quantitative estimate of drug-likeness (QED) is 0.527. The number of hydrogen-bond donors (Lipinski definition) is 0. The van der Waals surface area contributed by atoms with Gasteiger partial charge in [0, 0.05) is 13.1 Å². The van der Waals surface area contributed by atoms with Gasteiger partial charge in [-0.3, -0.25) is 9.59 Å². The molecule has 3 nitrogen and oxygen atoms in total. The number of amides is 1. The van der Waals surface area contributed by atoms with Gasteiger partial charge in [0.2, 0.25) is 5.91 Å². The van der Waals surface area contributed by atoms with E-state index in [4.69, 9.17) is 23.2 Å². The topological polar surface area (TPSA) is 37.4 Å². The molecule has 0 N–H and O–H groups in total. The summed E-state index contributed by atoms with van der Waals surface area (Å²) < 4.78 is 0. The fourth-order valence-electron chi connectivity index (χ4n) is 0.914. The highest BCUT2D eigenvalue weighted by Crippen LogP contribution is 2.07. The third kappa shape index (κ3) is 4.48. The van der Waals surface area contributed by atoms with Crippen molar-refractivity contribution in [1.29, 1.82) is 0 Å². The molecule has 0 radical (unpaired) electrons. The van der Waals surface area contributed by atoms with Crippen LogP contribution in [0.3, 0.4) is 0 Å². The van der Waals surface area contributed by atoms with Crippen LogP contribution >= 0.6 is 23.2 Å². The normalized spacial score (nSPS) is 10.2. The van der Waals surface area contributed by atoms with E-state index in [0.29, 0.717) is 13.1 Å². The van der Waals surface area contributed by atoms with E-state index in [0.717, 1.165) is 0 Å². The molecule has 0 saturated carbocycles. The average Bonchev–Trinajstić information content (AvgIpc) is 2.06. The van der Waals surface area contributed by atoms with Gasteiger partial charge >= 0.3 is 0 Å². The number of halogens is 2. The van der Waals surface area contributed by atoms with Crippen LogP contribution in [0.1, 0.15) is 20.3 Å². The van der Waals surface area contributed by atoms with Crippen molar-refractivity contribution >= 4 is 34.9 Å². The molecule has 0 aliphatic rings. The minimum atomic E-state index is -1.10. The van der Waals surface area contributed by atoms with Crippen LogP contribution in [0.5, 0.6) is 0 Å². The van der Waals surface area contributed by atoms with E-state index >= 15 is 0 Å². The van der Waals surface area contributed by atoms with E-state index in [1.165, 1.54) is 0 Å². The molecule has 0 unspecified atom stereocenters. The third-order valence-corrected chi connectivity index (χ3v) is 2.17. The second kappa shape index (κ2) is 6.22. The summed E-state index contributed by atoms with van der Waals surface area (Å²) in [5, 5.41) is 0. The van der Waals surface area contributed by atoms with Crippen molar-refractivity contribution in [2.24, 2.45) is 0 Å². The second-order valence-electron chi connectivity index (χ2n) is 2.51. The summed E-state index contributed by atoms with van der Waals surface area (Å²) in [6.07, 6.45) is -0.209. The molecule has 0 aromatic heterocycles. The van der Waals surface area contributed by atoms with Crippen LogP contribution < -0.4 is 0 Å². The highest BCUT2D eigenvalue weighted by atomic mass is 35.5. The van der Waals surface area contributed by atoms with Crippen molar-refractivity contribution in [3.63, 3.8) is 0 Å². The lowest BCUT2D eigenvalue weighted by molar-refractivity contribution is -0.134. The predicted molar refractivity (Wildman–Crippen MR) is 53.0 cm³/mol. The molecule has 0 aromatic rings. The summed E-state index contributed by atoms with van der Waals surface area (Å²) in [7, 11) is 0. The molecule has 0 spiro atoms. The summed E-state index contributed by atoms with van der Waals surface area (Å²) in [6.45, 7) is 4.89. The van der Waals surface area contributed by atoms with Crippen molar-refractivity contribution in [3.05, 3.63) is 0 Å². The molecule has 0 aliphatic heterocycles. The first-order chi connectivity index (χ1) is 6.02. The maximum absolute atomic E-state index is 11.3. The van der Waals surface area contributed by atoms with Gasteiger partial charge in [0.25, 0.3) is 0 Å². The molecule has 0 atom stereocenters. The summed E-state index contributed by atoms with van der Waals surface area (Å²) in [5.74, 6) is -0.665. The first kappa shape index (κ1) is 12.7. The van der Waals surface area contributed by atoms with Gasteiger partial charge in [0.05, 0.1) is 6.42 Å². The molecule has 0 heterocycles. The molecule has 76 valence electrons. The lowest BCUT2D eigenvalue weighted by atomic mass is 10.2. The molecular weight excluding hydrogens is 213 g/mol. The zero-order valence-corrected chi connectivity index (χ0v) is 9.23. The monoisotopic (exact) mass is 225 g/mol. The first-order valence-electron chi connectivity index (χ1n) is 4.11. The van der Waals surface area contributed by atoms with Gasteiger partial charge in [0.1, 0.15) is 0 Å². The van der Waals surface area contributed by atoms with Crippen LogP contribution in [0.4, 0.5) is 0 Å². The van der Waals surface area contributed by atoms with Crippen molar-refractivity contribution < 1.29 is 9.59 Å². The largest absolute Gasteiger partial charge is 0.343 e. The fourth-order valence-corrected chi connectivity index (χ4v) is 1.07. The van der Waals surface area contributed by atoms with Crippen LogP contribution in [-0.4, -0.2) is 34.5 Å². The predicted octanol–water partition coefficient (Wildman–Crippen LogP) is 1.62. The van der Waals surface area contributed by atoms with Gasteiger partial charge < -0.3 is 4.90 Å². The molecule has 13 heavy (non-hydrogen) atoms. The van der Waals surface area contributed by atoms with E-state index in [-0.39, 0.29) is 12.3 Å². The Morgan fingerprint density at radius 2 is 1.69 bits per heavy atom. The number of alkyl halides is 2. The smallest absolute Gasteiger partial charge is 0.230 e. The number of nitrogens with zero attached hydrogens (tertiary/aromatic N) is 1. The molecule has 0 fully saturated rings. The standard InChI is InChI=1S/C8H13Cl2NO2/c1-3-11(4-2)7(13)5-6(12)8(9)10/h8H,3-5H2,1-2H3. The van der Waals surface area contributed by atoms with Gasteiger partial charge in [-0.05, 0) is 13.8 Å². The maximum Gasteiger partial charge on any atom is 0.230 e. The summed E-state index contributed by atoms with van der Waals surface area (Å²) in [6, 6.07) is 0. The fraction of sp³-hybridized carbons (Fsp3) is 0.750. The summed E-state index contributed by atoms with van der Waals surface area (Å²) in [4.78, 5) is 22.8. The molecule has 0 rings (SSSR count). The first-order valence-corrected chi connectivity index (χ1v) is 4.98. The number of hydrogen-bond acceptors (Lipinski definition) is 2. The van der Waals surface area contributed by atoms with Crippen LogP contribution in [0, 0.1) is 0 Å². The number of ketones is 1. The van der Waals surface area contributed by atoms with E-state index in [1.807, 2.05) is 13.8 Å². The zero-order valence-electron chi connectivity index (χ0n) is 7.72. The van der Waals surface area contributed by atoms with E-state index in [9.17, 15) is 9.59 Å². The van der Waals surface area contributed by atoms with Crippen LogP contribution in [-0.2, 0) is 9.59 Å². The molecule has 0 aromatic carbocycles. The SMILES string of the molecule is CCN(CC)C(=O)CC(=O)C(Cl)Cl. The number of carbonyl (C=O) groups is 2.